The summed E-state index contributed by atoms with van der Waals surface area (Å²) in [5.74, 6) is -0.510. The van der Waals surface area contributed by atoms with Gasteiger partial charge in [-0.3, -0.25) is 9.59 Å². The van der Waals surface area contributed by atoms with E-state index in [2.05, 4.69) is 0 Å². The van der Waals surface area contributed by atoms with Crippen LogP contribution in [0.2, 0.25) is 0 Å². The molecule has 0 aliphatic heterocycles. The van der Waals surface area contributed by atoms with Crippen LogP contribution in [0, 0.1) is 0 Å². The summed E-state index contributed by atoms with van der Waals surface area (Å²) in [6.07, 6.45) is 1.06. The number of aliphatic hydroxyl groups excluding tert-OH is 1. The predicted molar refractivity (Wildman–Crippen MR) is 50.8 cm³/mol. The van der Waals surface area contributed by atoms with Crippen molar-refractivity contribution in [3.05, 3.63) is 11.1 Å². The Morgan fingerprint density at radius 2 is 1.79 bits per heavy atom. The Hall–Kier alpha value is -1.29. The number of ketones is 2. The van der Waals surface area contributed by atoms with Gasteiger partial charge >= 0.3 is 0 Å². The second-order valence-electron chi connectivity index (χ2n) is 3.05. The minimum atomic E-state index is -0.608. The van der Waals surface area contributed by atoms with Gasteiger partial charge in [-0.05, 0) is 25.8 Å². The Labute approximate surface area is 82.6 Å². The smallest absolute Gasteiger partial charge is 0.184 e. The van der Waals surface area contributed by atoms with Gasteiger partial charge in [0.15, 0.2) is 5.78 Å². The number of hydrogen-bond donors (Lipinski definition) is 1. The van der Waals surface area contributed by atoms with Crippen molar-refractivity contribution in [3.8, 4) is 0 Å². The molecule has 14 heavy (non-hydrogen) atoms. The van der Waals surface area contributed by atoms with E-state index < -0.39 is 12.4 Å². The molecule has 0 unspecified atom stereocenters. The zero-order valence-corrected chi connectivity index (χ0v) is 8.37. The molecule has 4 heteroatoms. The van der Waals surface area contributed by atoms with Crippen molar-refractivity contribution in [1.82, 2.24) is 0 Å². The highest BCUT2D eigenvalue weighted by Gasteiger charge is 2.09. The number of aldehydes is 1. The Balaban J connectivity index is 4.58. The number of carbonyl (C=O) groups is 3. The van der Waals surface area contributed by atoms with Crippen LogP contribution in [0.4, 0.5) is 0 Å². The maximum absolute atomic E-state index is 11.0. The summed E-state index contributed by atoms with van der Waals surface area (Å²) in [6, 6.07) is 0. The highest BCUT2D eigenvalue weighted by molar-refractivity contribution is 6.00. The van der Waals surface area contributed by atoms with Crippen LogP contribution in [0.25, 0.3) is 0 Å². The number of hydrogen-bond acceptors (Lipinski definition) is 4. The molecule has 78 valence electrons. The van der Waals surface area contributed by atoms with Crippen LogP contribution in [-0.4, -0.2) is 29.6 Å². The lowest BCUT2D eigenvalue weighted by atomic mass is 10.0. The molecule has 0 aromatic heterocycles. The lowest BCUT2D eigenvalue weighted by Gasteiger charge is -2.02. The minimum absolute atomic E-state index is 0.0337. The number of aliphatic hydroxyl groups is 1. The number of carbonyl (C=O) groups excluding carboxylic acids is 3. The van der Waals surface area contributed by atoms with Crippen molar-refractivity contribution in [2.75, 3.05) is 6.61 Å². The van der Waals surface area contributed by atoms with Crippen molar-refractivity contribution in [2.24, 2.45) is 0 Å². The Morgan fingerprint density at radius 1 is 1.21 bits per heavy atom. The van der Waals surface area contributed by atoms with E-state index in [0.29, 0.717) is 11.9 Å². The lowest BCUT2D eigenvalue weighted by Crippen LogP contribution is -2.09. The molecular weight excluding hydrogens is 184 g/mol. The van der Waals surface area contributed by atoms with Crippen LogP contribution in [-0.2, 0) is 14.4 Å². The first-order valence-electron chi connectivity index (χ1n) is 4.31. The SMILES string of the molecule is CC(=O)CC/C(C=O)=C(\C)C(=O)CO. The quantitative estimate of drug-likeness (QED) is 0.496. The first-order valence-corrected chi connectivity index (χ1v) is 4.31. The molecule has 0 atom stereocenters. The maximum atomic E-state index is 11.0. The van der Waals surface area contributed by atoms with Crippen LogP contribution >= 0.6 is 0 Å². The van der Waals surface area contributed by atoms with Gasteiger partial charge < -0.3 is 9.90 Å². The summed E-state index contributed by atoms with van der Waals surface area (Å²) in [5.41, 5.74) is 0.531. The molecule has 0 aliphatic carbocycles. The number of Topliss-reactive ketones (excluding diaryl/α,β-unsaturated/α-hetero) is 2. The van der Waals surface area contributed by atoms with Crippen LogP contribution in [0.5, 0.6) is 0 Å². The van der Waals surface area contributed by atoms with Crippen molar-refractivity contribution in [2.45, 2.75) is 26.7 Å². The number of rotatable bonds is 6. The van der Waals surface area contributed by atoms with E-state index in [1.807, 2.05) is 0 Å². The molecule has 0 saturated carbocycles. The molecule has 4 nitrogen and oxygen atoms in total. The highest BCUT2D eigenvalue weighted by Crippen LogP contribution is 2.09. The fourth-order valence-electron chi connectivity index (χ4n) is 0.943. The summed E-state index contributed by atoms with van der Waals surface area (Å²) in [7, 11) is 0. The fourth-order valence-corrected chi connectivity index (χ4v) is 0.943. The molecule has 0 fully saturated rings. The highest BCUT2D eigenvalue weighted by atomic mass is 16.3. The third kappa shape index (κ3) is 4.09. The van der Waals surface area contributed by atoms with E-state index >= 15 is 0 Å². The van der Waals surface area contributed by atoms with Crippen molar-refractivity contribution >= 4 is 17.9 Å². The second kappa shape index (κ2) is 6.21. The topological polar surface area (TPSA) is 71.4 Å². The minimum Gasteiger partial charge on any atom is -0.388 e. The zero-order valence-electron chi connectivity index (χ0n) is 8.37. The van der Waals surface area contributed by atoms with Gasteiger partial charge in [-0.15, -0.1) is 0 Å². The van der Waals surface area contributed by atoms with Gasteiger partial charge in [0.1, 0.15) is 18.7 Å². The molecule has 0 radical (unpaired) electrons. The van der Waals surface area contributed by atoms with E-state index in [4.69, 9.17) is 5.11 Å². The van der Waals surface area contributed by atoms with Gasteiger partial charge in [0.05, 0.1) is 0 Å². The molecule has 0 bridgehead atoms. The Kier molecular flexibility index (Phi) is 5.64. The van der Waals surface area contributed by atoms with Gasteiger partial charge in [0, 0.05) is 12.0 Å². The van der Waals surface area contributed by atoms with Gasteiger partial charge in [-0.25, -0.2) is 0 Å². The Bertz CT molecular complexity index is 276. The molecule has 0 heterocycles. The summed E-state index contributed by atoms with van der Waals surface area (Å²) in [6.45, 7) is 2.29. The fraction of sp³-hybridized carbons (Fsp3) is 0.500. The summed E-state index contributed by atoms with van der Waals surface area (Å²) in [5, 5.41) is 8.56. The van der Waals surface area contributed by atoms with Crippen LogP contribution in [0.3, 0.4) is 0 Å². The zero-order chi connectivity index (χ0) is 11.1. The van der Waals surface area contributed by atoms with E-state index in [9.17, 15) is 14.4 Å². The van der Waals surface area contributed by atoms with E-state index in [1.165, 1.54) is 13.8 Å². The predicted octanol–water partition coefficient (Wildman–Crippen LogP) is 0.432. The van der Waals surface area contributed by atoms with Crippen LogP contribution in [0.1, 0.15) is 26.7 Å². The summed E-state index contributed by atoms with van der Waals surface area (Å²) in [4.78, 5) is 32.2. The molecule has 0 aliphatic rings. The van der Waals surface area contributed by atoms with E-state index in [1.54, 1.807) is 0 Å². The normalized spacial score (nSPS) is 11.9. The number of allylic oxidation sites excluding steroid dienone is 1. The van der Waals surface area contributed by atoms with Crippen LogP contribution in [0.15, 0.2) is 11.1 Å². The lowest BCUT2D eigenvalue weighted by molar-refractivity contribution is -0.119. The summed E-state index contributed by atoms with van der Waals surface area (Å²) >= 11 is 0. The maximum Gasteiger partial charge on any atom is 0.184 e. The van der Waals surface area contributed by atoms with Gasteiger partial charge in [0.2, 0.25) is 0 Å². The average molecular weight is 198 g/mol. The molecule has 0 spiro atoms. The first-order chi connectivity index (χ1) is 6.52. The first kappa shape index (κ1) is 12.7. The molecular formula is C10H14O4. The second-order valence-corrected chi connectivity index (χ2v) is 3.05. The largest absolute Gasteiger partial charge is 0.388 e. The molecule has 1 N–H and O–H groups in total. The molecule has 0 aromatic rings. The van der Waals surface area contributed by atoms with Crippen molar-refractivity contribution in [1.29, 1.82) is 0 Å². The molecule has 0 saturated heterocycles. The third-order valence-electron chi connectivity index (χ3n) is 1.93. The standard InChI is InChI=1S/C10H14O4/c1-7(13)3-4-9(5-11)8(2)10(14)6-12/h5,12H,3-4,6H2,1-2H3/b9-8-. The van der Waals surface area contributed by atoms with Crippen molar-refractivity contribution < 1.29 is 19.5 Å². The average Bonchev–Trinajstić information content (AvgIpc) is 2.16. The van der Waals surface area contributed by atoms with E-state index in [-0.39, 0.29) is 24.2 Å². The Morgan fingerprint density at radius 3 is 2.14 bits per heavy atom. The summed E-state index contributed by atoms with van der Waals surface area (Å²) < 4.78 is 0. The van der Waals surface area contributed by atoms with Gasteiger partial charge in [0.25, 0.3) is 0 Å². The monoisotopic (exact) mass is 198 g/mol. The van der Waals surface area contributed by atoms with Crippen molar-refractivity contribution in [3.63, 3.8) is 0 Å². The molecule has 0 aromatic carbocycles. The van der Waals surface area contributed by atoms with Gasteiger partial charge in [-0.2, -0.15) is 0 Å². The third-order valence-corrected chi connectivity index (χ3v) is 1.93. The van der Waals surface area contributed by atoms with Gasteiger partial charge in [-0.1, -0.05) is 0 Å². The van der Waals surface area contributed by atoms with E-state index in [0.717, 1.165) is 0 Å². The molecule has 0 rings (SSSR count). The molecule has 0 amide bonds. The van der Waals surface area contributed by atoms with Crippen LogP contribution < -0.4 is 0 Å².